The number of ether oxygens (including phenoxy) is 2. The Labute approximate surface area is 183 Å². The smallest absolute Gasteiger partial charge is 0.274 e. The van der Waals surface area contributed by atoms with E-state index in [1.165, 1.54) is 11.3 Å². The molecule has 9 heteroatoms. The van der Waals surface area contributed by atoms with Gasteiger partial charge in [0, 0.05) is 43.9 Å². The molecule has 0 unspecified atom stereocenters. The molecule has 31 heavy (non-hydrogen) atoms. The lowest BCUT2D eigenvalue weighted by atomic mass is 10.00. The molecule has 2 fully saturated rings. The molecule has 162 valence electrons. The van der Waals surface area contributed by atoms with E-state index in [-0.39, 0.29) is 23.4 Å². The number of rotatable bonds is 4. The number of aromatic nitrogens is 3. The highest BCUT2D eigenvalue weighted by molar-refractivity contribution is 7.19. The summed E-state index contributed by atoms with van der Waals surface area (Å²) in [6.45, 7) is 2.58. The van der Waals surface area contributed by atoms with Crippen LogP contribution in [-0.4, -0.2) is 47.1 Å². The zero-order valence-corrected chi connectivity index (χ0v) is 17.9. The maximum Gasteiger partial charge on any atom is 0.274 e. The zero-order valence-electron chi connectivity index (χ0n) is 17.1. The maximum atomic E-state index is 12.9. The van der Waals surface area contributed by atoms with Crippen molar-refractivity contribution >= 4 is 33.1 Å². The molecule has 4 heterocycles. The summed E-state index contributed by atoms with van der Waals surface area (Å²) >= 11 is 1.42. The molecule has 1 amide bonds. The minimum absolute atomic E-state index is 0.000532. The lowest BCUT2D eigenvalue weighted by Crippen LogP contribution is -2.31. The first-order chi connectivity index (χ1) is 15.2. The van der Waals surface area contributed by atoms with E-state index in [0.29, 0.717) is 36.9 Å². The number of fused-ring (bicyclic) bond motifs is 1. The molecule has 2 saturated heterocycles. The standard InChI is InChI=1S/C22H24N4O4S/c27-20(14-3-7-29-8-4-14)25-22-23-13-19(31-22)15-1-2-18-16(11-15)12-24-26(21(18)28)17-5-9-30-10-6-17/h1-2,11-14,17H,3-10H2,(H,23,25,27). The van der Waals surface area contributed by atoms with Crippen LogP contribution < -0.4 is 10.9 Å². The molecule has 0 spiro atoms. The van der Waals surface area contributed by atoms with Crippen molar-refractivity contribution in [1.29, 1.82) is 0 Å². The second-order valence-electron chi connectivity index (χ2n) is 7.95. The van der Waals surface area contributed by atoms with Gasteiger partial charge in [-0.25, -0.2) is 9.67 Å². The fourth-order valence-electron chi connectivity index (χ4n) is 4.14. The van der Waals surface area contributed by atoms with Crippen LogP contribution in [0.5, 0.6) is 0 Å². The van der Waals surface area contributed by atoms with Crippen LogP contribution in [0.15, 0.2) is 35.4 Å². The van der Waals surface area contributed by atoms with Gasteiger partial charge in [-0.15, -0.1) is 0 Å². The van der Waals surface area contributed by atoms with E-state index in [0.717, 1.165) is 41.5 Å². The third-order valence-corrected chi connectivity index (χ3v) is 6.92. The molecule has 1 aromatic carbocycles. The fraction of sp³-hybridized carbons (Fsp3) is 0.455. The van der Waals surface area contributed by atoms with E-state index in [2.05, 4.69) is 15.4 Å². The van der Waals surface area contributed by atoms with Crippen molar-refractivity contribution in [3.63, 3.8) is 0 Å². The highest BCUT2D eigenvalue weighted by atomic mass is 32.1. The number of carbonyl (C=O) groups is 1. The van der Waals surface area contributed by atoms with E-state index in [1.54, 1.807) is 17.1 Å². The SMILES string of the molecule is O=C(Nc1ncc(-c2ccc3c(=O)n(C4CCOCC4)ncc3c2)s1)C1CCOCC1. The van der Waals surface area contributed by atoms with Crippen LogP contribution in [0.25, 0.3) is 21.2 Å². The first-order valence-electron chi connectivity index (χ1n) is 10.6. The van der Waals surface area contributed by atoms with Gasteiger partial charge in [0.1, 0.15) is 0 Å². The predicted molar refractivity (Wildman–Crippen MR) is 118 cm³/mol. The molecule has 0 aliphatic carbocycles. The summed E-state index contributed by atoms with van der Waals surface area (Å²) in [5, 5.41) is 9.40. The van der Waals surface area contributed by atoms with Crippen LogP contribution in [-0.2, 0) is 14.3 Å². The average Bonchev–Trinajstić information content (AvgIpc) is 3.29. The largest absolute Gasteiger partial charge is 0.381 e. The molecule has 0 radical (unpaired) electrons. The molecule has 8 nitrogen and oxygen atoms in total. The van der Waals surface area contributed by atoms with Gasteiger partial charge in [0.05, 0.1) is 22.5 Å². The average molecular weight is 441 g/mol. The van der Waals surface area contributed by atoms with Gasteiger partial charge in [0.2, 0.25) is 5.91 Å². The second kappa shape index (κ2) is 8.86. The van der Waals surface area contributed by atoms with Crippen LogP contribution in [0, 0.1) is 5.92 Å². The number of anilines is 1. The molecule has 0 bridgehead atoms. The van der Waals surface area contributed by atoms with Crippen molar-refractivity contribution < 1.29 is 14.3 Å². The highest BCUT2D eigenvalue weighted by Gasteiger charge is 2.23. The van der Waals surface area contributed by atoms with Crippen LogP contribution in [0.3, 0.4) is 0 Å². The molecule has 1 N–H and O–H groups in total. The summed E-state index contributed by atoms with van der Waals surface area (Å²) in [4.78, 5) is 30.7. The van der Waals surface area contributed by atoms with Gasteiger partial charge >= 0.3 is 0 Å². The molecule has 2 aliphatic rings. The lowest BCUT2D eigenvalue weighted by molar-refractivity contribution is -0.122. The van der Waals surface area contributed by atoms with Crippen LogP contribution in [0.4, 0.5) is 5.13 Å². The quantitative estimate of drug-likeness (QED) is 0.669. The third kappa shape index (κ3) is 4.26. The van der Waals surface area contributed by atoms with Crippen molar-refractivity contribution in [3.8, 4) is 10.4 Å². The Bertz CT molecular complexity index is 1150. The molecule has 2 aromatic heterocycles. The van der Waals surface area contributed by atoms with Gasteiger partial charge in [-0.3, -0.25) is 9.59 Å². The number of hydrogen-bond donors (Lipinski definition) is 1. The molecule has 3 aromatic rings. The van der Waals surface area contributed by atoms with Crippen LogP contribution >= 0.6 is 11.3 Å². The van der Waals surface area contributed by atoms with Gasteiger partial charge in [-0.2, -0.15) is 5.10 Å². The van der Waals surface area contributed by atoms with Crippen molar-refractivity contribution in [3.05, 3.63) is 40.9 Å². The normalized spacial score (nSPS) is 18.3. The molecule has 0 atom stereocenters. The number of benzene rings is 1. The summed E-state index contributed by atoms with van der Waals surface area (Å²) < 4.78 is 12.3. The van der Waals surface area contributed by atoms with E-state index in [4.69, 9.17) is 9.47 Å². The number of amides is 1. The van der Waals surface area contributed by atoms with E-state index < -0.39 is 0 Å². The zero-order chi connectivity index (χ0) is 21.2. The number of thiazole rings is 1. The molecule has 0 saturated carbocycles. The summed E-state index contributed by atoms with van der Waals surface area (Å²) in [6.07, 6.45) is 6.60. The topological polar surface area (TPSA) is 95.3 Å². The number of nitrogens with zero attached hydrogens (tertiary/aromatic N) is 3. The van der Waals surface area contributed by atoms with Crippen LogP contribution in [0.2, 0.25) is 0 Å². The monoisotopic (exact) mass is 440 g/mol. The number of carbonyl (C=O) groups excluding carboxylic acids is 1. The van der Waals surface area contributed by atoms with Gasteiger partial charge in [-0.1, -0.05) is 17.4 Å². The highest BCUT2D eigenvalue weighted by Crippen LogP contribution is 2.31. The minimum atomic E-state index is -0.0651. The molecule has 5 rings (SSSR count). The summed E-state index contributed by atoms with van der Waals surface area (Å²) in [7, 11) is 0. The van der Waals surface area contributed by atoms with Crippen LogP contribution in [0.1, 0.15) is 31.7 Å². The number of hydrogen-bond acceptors (Lipinski definition) is 7. The lowest BCUT2D eigenvalue weighted by Gasteiger charge is -2.23. The van der Waals surface area contributed by atoms with Gasteiger partial charge in [-0.05, 0) is 43.4 Å². The predicted octanol–water partition coefficient (Wildman–Crippen LogP) is 3.24. The Balaban J connectivity index is 1.36. The Morgan fingerprint density at radius 2 is 1.81 bits per heavy atom. The molecular formula is C22H24N4O4S. The summed E-state index contributed by atoms with van der Waals surface area (Å²) in [6, 6.07) is 5.82. The summed E-state index contributed by atoms with van der Waals surface area (Å²) in [5.41, 5.74) is 0.881. The van der Waals surface area contributed by atoms with Crippen molar-refractivity contribution in [2.45, 2.75) is 31.7 Å². The first-order valence-corrected chi connectivity index (χ1v) is 11.4. The number of nitrogens with one attached hydrogen (secondary N) is 1. The van der Waals surface area contributed by atoms with Crippen molar-refractivity contribution in [1.82, 2.24) is 14.8 Å². The fourth-order valence-corrected chi connectivity index (χ4v) is 4.96. The van der Waals surface area contributed by atoms with Gasteiger partial charge < -0.3 is 14.8 Å². The first kappa shape index (κ1) is 20.3. The Morgan fingerprint density at radius 3 is 2.58 bits per heavy atom. The Hall–Kier alpha value is -2.62. The third-order valence-electron chi connectivity index (χ3n) is 5.96. The molecular weight excluding hydrogens is 416 g/mol. The molecule has 2 aliphatic heterocycles. The van der Waals surface area contributed by atoms with Gasteiger partial charge in [0.25, 0.3) is 5.56 Å². The van der Waals surface area contributed by atoms with Crippen molar-refractivity contribution in [2.75, 3.05) is 31.7 Å². The summed E-state index contributed by atoms with van der Waals surface area (Å²) in [5.74, 6) is -0.0219. The second-order valence-corrected chi connectivity index (χ2v) is 8.98. The Morgan fingerprint density at radius 1 is 1.06 bits per heavy atom. The van der Waals surface area contributed by atoms with E-state index in [9.17, 15) is 9.59 Å². The maximum absolute atomic E-state index is 12.9. The van der Waals surface area contributed by atoms with Gasteiger partial charge in [0.15, 0.2) is 5.13 Å². The Kier molecular flexibility index (Phi) is 5.80. The van der Waals surface area contributed by atoms with Crippen molar-refractivity contribution in [2.24, 2.45) is 5.92 Å². The van der Waals surface area contributed by atoms with E-state index >= 15 is 0 Å². The minimum Gasteiger partial charge on any atom is -0.381 e. The van der Waals surface area contributed by atoms with E-state index in [1.807, 2.05) is 18.2 Å².